The zero-order valence-electron chi connectivity index (χ0n) is 20.1. The van der Waals surface area contributed by atoms with Gasteiger partial charge in [-0.15, -0.1) is 0 Å². The molecule has 1 N–H and O–H groups in total. The summed E-state index contributed by atoms with van der Waals surface area (Å²) < 4.78 is 5.55. The molecule has 1 fully saturated rings. The van der Waals surface area contributed by atoms with Crippen LogP contribution in [-0.4, -0.2) is 39.9 Å². The Kier molecular flexibility index (Phi) is 6.89. The van der Waals surface area contributed by atoms with Crippen LogP contribution in [0.2, 0.25) is 0 Å². The Morgan fingerprint density at radius 1 is 0.972 bits per heavy atom. The molecule has 0 radical (unpaired) electrons. The molecule has 2 amide bonds. The van der Waals surface area contributed by atoms with Crippen LogP contribution in [0.15, 0.2) is 89.5 Å². The first-order valence-electron chi connectivity index (χ1n) is 12.2. The molecule has 0 spiro atoms. The number of likely N-dealkylation sites (tertiary alicyclic amines) is 1. The Balaban J connectivity index is 1.27. The first-order chi connectivity index (χ1) is 17.6. The maximum absolute atomic E-state index is 13.3. The highest BCUT2D eigenvalue weighted by Crippen LogP contribution is 2.32. The normalized spacial score (nSPS) is 15.3. The molecule has 7 heteroatoms. The van der Waals surface area contributed by atoms with E-state index in [1.807, 2.05) is 91.9 Å². The van der Waals surface area contributed by atoms with E-state index in [-0.39, 0.29) is 24.4 Å². The predicted molar refractivity (Wildman–Crippen MR) is 136 cm³/mol. The van der Waals surface area contributed by atoms with Gasteiger partial charge in [0.15, 0.2) is 0 Å². The van der Waals surface area contributed by atoms with Crippen LogP contribution >= 0.6 is 0 Å². The lowest BCUT2D eigenvalue weighted by Gasteiger charge is -2.23. The lowest BCUT2D eigenvalue weighted by molar-refractivity contribution is -0.134. The number of carbonyl (C=O) groups is 2. The number of benzene rings is 3. The second-order valence-electron chi connectivity index (χ2n) is 9.04. The van der Waals surface area contributed by atoms with Gasteiger partial charge in [-0.1, -0.05) is 95.6 Å². The number of hydrogen-bond acceptors (Lipinski definition) is 5. The highest BCUT2D eigenvalue weighted by molar-refractivity contribution is 5.91. The van der Waals surface area contributed by atoms with Crippen LogP contribution in [0.1, 0.15) is 47.4 Å². The molecule has 0 bridgehead atoms. The summed E-state index contributed by atoms with van der Waals surface area (Å²) in [7, 11) is 0. The number of nitrogens with zero attached hydrogens (tertiary/aromatic N) is 3. The number of rotatable bonds is 7. The van der Waals surface area contributed by atoms with Gasteiger partial charge in [0.2, 0.25) is 23.5 Å². The average molecular weight is 481 g/mol. The molecule has 1 aliphatic rings. The third kappa shape index (κ3) is 5.05. The smallest absolute Gasteiger partial charge is 0.249 e. The summed E-state index contributed by atoms with van der Waals surface area (Å²) in [6, 6.07) is 26.8. The summed E-state index contributed by atoms with van der Waals surface area (Å²) >= 11 is 0. The second kappa shape index (κ2) is 10.6. The van der Waals surface area contributed by atoms with Crippen LogP contribution in [0.5, 0.6) is 0 Å². The molecule has 2 heterocycles. The van der Waals surface area contributed by atoms with Crippen molar-refractivity contribution in [2.45, 2.75) is 31.7 Å². The van der Waals surface area contributed by atoms with Gasteiger partial charge in [-0.2, -0.15) is 4.98 Å². The minimum atomic E-state index is -0.498. The summed E-state index contributed by atoms with van der Waals surface area (Å²) in [5.41, 5.74) is 3.77. The van der Waals surface area contributed by atoms with Gasteiger partial charge in [-0.3, -0.25) is 9.59 Å². The van der Waals surface area contributed by atoms with Gasteiger partial charge in [0, 0.05) is 12.1 Å². The fraction of sp³-hybridized carbons (Fsp3) is 0.241. The van der Waals surface area contributed by atoms with Crippen LogP contribution in [0, 0.1) is 6.92 Å². The minimum Gasteiger partial charge on any atom is -0.346 e. The van der Waals surface area contributed by atoms with Crippen LogP contribution < -0.4 is 5.32 Å². The van der Waals surface area contributed by atoms with Gasteiger partial charge in [0.1, 0.15) is 6.04 Å². The summed E-state index contributed by atoms with van der Waals surface area (Å²) in [5, 5.41) is 6.99. The molecule has 182 valence electrons. The molecule has 0 saturated carbocycles. The van der Waals surface area contributed by atoms with Crippen molar-refractivity contribution in [1.82, 2.24) is 20.4 Å². The highest BCUT2D eigenvalue weighted by atomic mass is 16.5. The van der Waals surface area contributed by atoms with Gasteiger partial charge >= 0.3 is 0 Å². The number of aryl methyl sites for hydroxylation is 1. The van der Waals surface area contributed by atoms with E-state index in [1.165, 1.54) is 0 Å². The van der Waals surface area contributed by atoms with Crippen molar-refractivity contribution < 1.29 is 14.1 Å². The maximum Gasteiger partial charge on any atom is 0.249 e. The van der Waals surface area contributed by atoms with Gasteiger partial charge < -0.3 is 14.7 Å². The molecule has 7 nitrogen and oxygen atoms in total. The first-order valence-corrected chi connectivity index (χ1v) is 12.2. The zero-order valence-corrected chi connectivity index (χ0v) is 20.1. The standard InChI is InChI=1S/C29H28N4O3/c1-20-14-16-23(17-15-20)27-31-29(36-32-27)24-13-8-18-33(24)25(34)19-30-28(35)26(21-9-4-2-5-10-21)22-11-6-3-7-12-22/h2-7,9-12,14-17,24,26H,8,13,18-19H2,1H3,(H,30,35)/t24-/m1/s1. The van der Waals surface area contributed by atoms with Crippen LogP contribution in [0.3, 0.4) is 0 Å². The Labute approximate surface area is 210 Å². The molecule has 5 rings (SSSR count). The Morgan fingerprint density at radius 2 is 1.61 bits per heavy atom. The summed E-state index contributed by atoms with van der Waals surface area (Å²) in [6.07, 6.45) is 1.58. The second-order valence-corrected chi connectivity index (χ2v) is 9.04. The molecule has 1 aliphatic heterocycles. The van der Waals surface area contributed by atoms with E-state index in [1.54, 1.807) is 4.90 Å². The molecule has 1 saturated heterocycles. The molecule has 1 atom stereocenters. The van der Waals surface area contributed by atoms with Crippen molar-refractivity contribution in [2.24, 2.45) is 0 Å². The van der Waals surface area contributed by atoms with Crippen molar-refractivity contribution in [2.75, 3.05) is 13.1 Å². The Morgan fingerprint density at radius 3 is 2.25 bits per heavy atom. The van der Waals surface area contributed by atoms with Gasteiger partial charge in [-0.05, 0) is 30.9 Å². The first kappa shape index (κ1) is 23.5. The fourth-order valence-electron chi connectivity index (χ4n) is 4.66. The van der Waals surface area contributed by atoms with Gasteiger partial charge in [-0.25, -0.2) is 0 Å². The molecule has 4 aromatic rings. The molecule has 36 heavy (non-hydrogen) atoms. The summed E-state index contributed by atoms with van der Waals surface area (Å²) in [5.74, 6) is 0.0553. The molecule has 1 aromatic heterocycles. The average Bonchev–Trinajstić information content (AvgIpc) is 3.59. The van der Waals surface area contributed by atoms with E-state index in [0.29, 0.717) is 18.3 Å². The van der Waals surface area contributed by atoms with E-state index < -0.39 is 5.92 Å². The SMILES string of the molecule is Cc1ccc(-c2noc([C@H]3CCCN3C(=O)CNC(=O)C(c3ccccc3)c3ccccc3)n2)cc1. The van der Waals surface area contributed by atoms with Crippen molar-refractivity contribution in [3.05, 3.63) is 108 Å². The lowest BCUT2D eigenvalue weighted by atomic mass is 9.90. The van der Waals surface area contributed by atoms with Gasteiger partial charge in [0.05, 0.1) is 12.5 Å². The van der Waals surface area contributed by atoms with E-state index in [9.17, 15) is 9.59 Å². The van der Waals surface area contributed by atoms with Crippen molar-refractivity contribution in [1.29, 1.82) is 0 Å². The number of nitrogens with one attached hydrogen (secondary N) is 1. The lowest BCUT2D eigenvalue weighted by Crippen LogP contribution is -2.41. The van der Waals surface area contributed by atoms with E-state index in [4.69, 9.17) is 4.52 Å². The van der Waals surface area contributed by atoms with Crippen LogP contribution in [-0.2, 0) is 9.59 Å². The number of hydrogen-bond donors (Lipinski definition) is 1. The summed E-state index contributed by atoms with van der Waals surface area (Å²) in [4.78, 5) is 32.7. The molecule has 0 unspecified atom stereocenters. The quantitative estimate of drug-likeness (QED) is 0.416. The largest absolute Gasteiger partial charge is 0.346 e. The fourth-order valence-corrected chi connectivity index (χ4v) is 4.66. The van der Waals surface area contributed by atoms with Crippen molar-refractivity contribution in [3.63, 3.8) is 0 Å². The molecule has 3 aromatic carbocycles. The Hall–Kier alpha value is -4.26. The third-order valence-electron chi connectivity index (χ3n) is 6.55. The predicted octanol–water partition coefficient (Wildman–Crippen LogP) is 4.66. The number of aromatic nitrogens is 2. The topological polar surface area (TPSA) is 88.3 Å². The van der Waals surface area contributed by atoms with Crippen LogP contribution in [0.25, 0.3) is 11.4 Å². The number of amides is 2. The molecular formula is C29H28N4O3. The maximum atomic E-state index is 13.3. The minimum absolute atomic E-state index is 0.0928. The molecular weight excluding hydrogens is 452 g/mol. The molecule has 0 aliphatic carbocycles. The van der Waals surface area contributed by atoms with E-state index in [2.05, 4.69) is 15.5 Å². The van der Waals surface area contributed by atoms with E-state index >= 15 is 0 Å². The van der Waals surface area contributed by atoms with Crippen LogP contribution in [0.4, 0.5) is 0 Å². The van der Waals surface area contributed by atoms with Gasteiger partial charge in [0.25, 0.3) is 0 Å². The number of carbonyl (C=O) groups excluding carboxylic acids is 2. The zero-order chi connectivity index (χ0) is 24.9. The van der Waals surface area contributed by atoms with Crippen molar-refractivity contribution >= 4 is 11.8 Å². The third-order valence-corrected chi connectivity index (χ3v) is 6.55. The summed E-state index contributed by atoms with van der Waals surface area (Å²) in [6.45, 7) is 2.51. The Bertz CT molecular complexity index is 1280. The monoisotopic (exact) mass is 480 g/mol. The van der Waals surface area contributed by atoms with Crippen molar-refractivity contribution in [3.8, 4) is 11.4 Å². The highest BCUT2D eigenvalue weighted by Gasteiger charge is 2.34. The van der Waals surface area contributed by atoms with E-state index in [0.717, 1.165) is 35.1 Å².